The van der Waals surface area contributed by atoms with Crippen molar-refractivity contribution in [2.75, 3.05) is 25.0 Å². The van der Waals surface area contributed by atoms with E-state index in [1.807, 2.05) is 24.3 Å². The number of hydrogen-bond acceptors (Lipinski definition) is 4. The van der Waals surface area contributed by atoms with E-state index in [9.17, 15) is 4.39 Å². The lowest BCUT2D eigenvalue weighted by Crippen LogP contribution is -2.48. The van der Waals surface area contributed by atoms with Gasteiger partial charge in [-0.25, -0.2) is 9.37 Å². The summed E-state index contributed by atoms with van der Waals surface area (Å²) in [7, 11) is 0. The number of alkyl halides is 1. The van der Waals surface area contributed by atoms with Crippen molar-refractivity contribution < 1.29 is 4.39 Å². The van der Waals surface area contributed by atoms with Crippen molar-refractivity contribution in [3.8, 4) is 0 Å². The Morgan fingerprint density at radius 3 is 2.96 bits per heavy atom. The smallest absolute Gasteiger partial charge is 0.137 e. The number of aromatic nitrogens is 3. The van der Waals surface area contributed by atoms with Gasteiger partial charge in [-0.2, -0.15) is 5.10 Å². The summed E-state index contributed by atoms with van der Waals surface area (Å²) in [5, 5.41) is 11.1. The summed E-state index contributed by atoms with van der Waals surface area (Å²) >= 11 is 0. The molecule has 1 fully saturated rings. The Labute approximate surface area is 146 Å². The van der Waals surface area contributed by atoms with Gasteiger partial charge in [-0.05, 0) is 24.5 Å². The van der Waals surface area contributed by atoms with Gasteiger partial charge in [0, 0.05) is 25.8 Å². The fourth-order valence-corrected chi connectivity index (χ4v) is 3.42. The maximum atomic E-state index is 14.7. The Morgan fingerprint density at radius 2 is 2.12 bits per heavy atom. The van der Waals surface area contributed by atoms with Gasteiger partial charge in [0.05, 0.1) is 23.1 Å². The molecule has 2 aromatic heterocycles. The summed E-state index contributed by atoms with van der Waals surface area (Å²) in [6.45, 7) is 2.25. The monoisotopic (exact) mass is 339 g/mol. The van der Waals surface area contributed by atoms with Gasteiger partial charge in [-0.3, -0.25) is 10.00 Å². The van der Waals surface area contributed by atoms with E-state index in [0.29, 0.717) is 12.4 Å². The minimum atomic E-state index is -0.909. The molecule has 0 radical (unpaired) electrons. The van der Waals surface area contributed by atoms with Crippen LogP contribution in [0.25, 0.3) is 10.9 Å². The highest BCUT2D eigenvalue weighted by molar-refractivity contribution is 5.88. The van der Waals surface area contributed by atoms with Crippen molar-refractivity contribution in [2.45, 2.75) is 25.1 Å². The minimum absolute atomic E-state index is 0.207. The highest BCUT2D eigenvalue weighted by Crippen LogP contribution is 2.23. The van der Waals surface area contributed by atoms with E-state index in [2.05, 4.69) is 37.5 Å². The van der Waals surface area contributed by atoms with Crippen LogP contribution in [0.3, 0.4) is 0 Å². The molecule has 5 nitrogen and oxygen atoms in total. The molecule has 2 unspecified atom stereocenters. The molecular weight excluding hydrogens is 317 g/mol. The van der Waals surface area contributed by atoms with Crippen LogP contribution in [0.1, 0.15) is 12.0 Å². The zero-order chi connectivity index (χ0) is 17.1. The number of hydrogen-bond donors (Lipinski definition) is 2. The first-order chi connectivity index (χ1) is 12.3. The van der Waals surface area contributed by atoms with Crippen LogP contribution in [-0.4, -0.2) is 51.9 Å². The van der Waals surface area contributed by atoms with E-state index in [0.717, 1.165) is 36.8 Å². The molecular formula is C19H22FN5. The molecule has 1 saturated heterocycles. The molecule has 3 aromatic rings. The first-order valence-electron chi connectivity index (χ1n) is 8.74. The Bertz CT molecular complexity index is 819. The van der Waals surface area contributed by atoms with Crippen LogP contribution in [0, 0.1) is 0 Å². The molecule has 6 heteroatoms. The van der Waals surface area contributed by atoms with Crippen LogP contribution in [0.2, 0.25) is 0 Å². The van der Waals surface area contributed by atoms with Crippen molar-refractivity contribution in [1.82, 2.24) is 20.1 Å². The van der Waals surface area contributed by atoms with Crippen LogP contribution in [-0.2, 0) is 6.42 Å². The molecule has 0 spiro atoms. The van der Waals surface area contributed by atoms with Gasteiger partial charge in [0.25, 0.3) is 0 Å². The number of H-pyrrole nitrogens is 1. The normalized spacial score (nSPS) is 21.5. The SMILES string of the molecule is FC1CN(CCc2ccccc2)CCC1Nc1nccc2[nH]ncc12. The van der Waals surface area contributed by atoms with E-state index < -0.39 is 6.17 Å². The number of halogens is 1. The largest absolute Gasteiger partial charge is 0.364 e. The molecule has 130 valence electrons. The summed E-state index contributed by atoms with van der Waals surface area (Å²) < 4.78 is 14.7. The van der Waals surface area contributed by atoms with Crippen molar-refractivity contribution in [3.05, 3.63) is 54.4 Å². The lowest BCUT2D eigenvalue weighted by molar-refractivity contribution is 0.127. The molecule has 1 aliphatic rings. The second-order valence-electron chi connectivity index (χ2n) is 6.58. The van der Waals surface area contributed by atoms with Crippen LogP contribution in [0.15, 0.2) is 48.8 Å². The summed E-state index contributed by atoms with van der Waals surface area (Å²) in [5.41, 5.74) is 2.21. The third kappa shape index (κ3) is 3.64. The Hall–Kier alpha value is -2.47. The molecule has 0 amide bonds. The van der Waals surface area contributed by atoms with Crippen molar-refractivity contribution in [3.63, 3.8) is 0 Å². The number of rotatable bonds is 5. The van der Waals surface area contributed by atoms with Gasteiger partial charge in [-0.1, -0.05) is 30.3 Å². The fraction of sp³-hybridized carbons (Fsp3) is 0.368. The predicted molar refractivity (Wildman–Crippen MR) is 97.4 cm³/mol. The van der Waals surface area contributed by atoms with Gasteiger partial charge >= 0.3 is 0 Å². The molecule has 0 aliphatic carbocycles. The van der Waals surface area contributed by atoms with Crippen molar-refractivity contribution >= 4 is 16.7 Å². The lowest BCUT2D eigenvalue weighted by Gasteiger charge is -2.35. The highest BCUT2D eigenvalue weighted by Gasteiger charge is 2.29. The van der Waals surface area contributed by atoms with E-state index >= 15 is 0 Å². The molecule has 3 heterocycles. The van der Waals surface area contributed by atoms with E-state index in [4.69, 9.17) is 0 Å². The number of aromatic amines is 1. The first kappa shape index (κ1) is 16.0. The third-order valence-electron chi connectivity index (χ3n) is 4.88. The molecule has 0 saturated carbocycles. The average Bonchev–Trinajstić information content (AvgIpc) is 3.13. The van der Waals surface area contributed by atoms with Crippen LogP contribution in [0.5, 0.6) is 0 Å². The maximum Gasteiger partial charge on any atom is 0.137 e. The Balaban J connectivity index is 1.34. The first-order valence-corrected chi connectivity index (χ1v) is 8.74. The number of nitrogens with zero attached hydrogens (tertiary/aromatic N) is 3. The Morgan fingerprint density at radius 1 is 1.24 bits per heavy atom. The summed E-state index contributed by atoms with van der Waals surface area (Å²) in [5.74, 6) is 0.705. The molecule has 4 rings (SSSR count). The van der Waals surface area contributed by atoms with Gasteiger partial charge < -0.3 is 5.32 Å². The summed E-state index contributed by atoms with van der Waals surface area (Å²) in [6.07, 6.45) is 4.26. The van der Waals surface area contributed by atoms with Gasteiger partial charge in [0.1, 0.15) is 12.0 Å². The van der Waals surface area contributed by atoms with Gasteiger partial charge in [0.15, 0.2) is 0 Å². The van der Waals surface area contributed by atoms with Crippen molar-refractivity contribution in [2.24, 2.45) is 0 Å². The number of nitrogens with one attached hydrogen (secondary N) is 2. The average molecular weight is 339 g/mol. The Kier molecular flexibility index (Phi) is 4.61. The number of anilines is 1. The quantitative estimate of drug-likeness (QED) is 0.750. The van der Waals surface area contributed by atoms with Gasteiger partial charge in [0.2, 0.25) is 0 Å². The number of pyridine rings is 1. The van der Waals surface area contributed by atoms with Gasteiger partial charge in [-0.15, -0.1) is 0 Å². The second kappa shape index (κ2) is 7.19. The summed E-state index contributed by atoms with van der Waals surface area (Å²) in [4.78, 5) is 6.56. The molecule has 0 bridgehead atoms. The number of benzene rings is 1. The molecule has 25 heavy (non-hydrogen) atoms. The molecule has 2 atom stereocenters. The zero-order valence-corrected chi connectivity index (χ0v) is 14.0. The number of likely N-dealkylation sites (tertiary alicyclic amines) is 1. The van der Waals surface area contributed by atoms with Crippen molar-refractivity contribution in [1.29, 1.82) is 0 Å². The fourth-order valence-electron chi connectivity index (χ4n) is 3.42. The zero-order valence-electron chi connectivity index (χ0n) is 14.0. The van der Waals surface area contributed by atoms with Crippen LogP contribution < -0.4 is 5.32 Å². The van der Waals surface area contributed by atoms with Crippen LogP contribution >= 0.6 is 0 Å². The maximum absolute atomic E-state index is 14.7. The predicted octanol–water partition coefficient (Wildman–Crippen LogP) is 3.02. The van der Waals surface area contributed by atoms with E-state index in [-0.39, 0.29) is 6.04 Å². The molecule has 1 aliphatic heterocycles. The topological polar surface area (TPSA) is 56.8 Å². The van der Waals surface area contributed by atoms with Crippen LogP contribution in [0.4, 0.5) is 10.2 Å². The molecule has 1 aromatic carbocycles. The number of piperidine rings is 1. The minimum Gasteiger partial charge on any atom is -0.364 e. The highest BCUT2D eigenvalue weighted by atomic mass is 19.1. The summed E-state index contributed by atoms with van der Waals surface area (Å²) in [6, 6.07) is 12.0. The number of fused-ring (bicyclic) bond motifs is 1. The van der Waals surface area contributed by atoms with E-state index in [1.54, 1.807) is 12.4 Å². The lowest BCUT2D eigenvalue weighted by atomic mass is 10.0. The molecule has 2 N–H and O–H groups in total. The second-order valence-corrected chi connectivity index (χ2v) is 6.58. The third-order valence-corrected chi connectivity index (χ3v) is 4.88. The standard InChI is InChI=1S/C19H22FN5/c20-16-13-25(10-7-14-4-2-1-3-5-14)11-8-18(16)23-19-15-12-22-24-17(15)6-9-21-19/h1-6,9,12,16,18H,7-8,10-11,13H2,(H,21,23)(H,22,24). The van der Waals surface area contributed by atoms with E-state index in [1.165, 1.54) is 5.56 Å².